The number of benzene rings is 1. The van der Waals surface area contributed by atoms with E-state index in [1.807, 2.05) is 25.5 Å². The first kappa shape index (κ1) is 15.1. The SMILES string of the molecule is Cc1ncsc1CN(C)Cc1cccc([N+](=O)[O-])c1Br. The molecule has 0 aliphatic carbocycles. The normalized spacial score (nSPS) is 11.0. The first-order chi connectivity index (χ1) is 9.49. The number of hydrogen-bond acceptors (Lipinski definition) is 5. The first-order valence-electron chi connectivity index (χ1n) is 5.98. The maximum atomic E-state index is 10.9. The number of aryl methyl sites for hydroxylation is 1. The summed E-state index contributed by atoms with van der Waals surface area (Å²) >= 11 is 4.95. The van der Waals surface area contributed by atoms with Crippen molar-refractivity contribution < 1.29 is 4.92 Å². The molecule has 0 bridgehead atoms. The molecule has 1 aromatic heterocycles. The van der Waals surface area contributed by atoms with Gasteiger partial charge in [-0.2, -0.15) is 0 Å². The monoisotopic (exact) mass is 355 g/mol. The molecular formula is C13H14BrN3O2S. The molecule has 0 N–H and O–H groups in total. The number of thiazole rings is 1. The second-order valence-corrected chi connectivity index (χ2v) is 6.27. The summed E-state index contributed by atoms with van der Waals surface area (Å²) in [4.78, 5) is 18.1. The lowest BCUT2D eigenvalue weighted by atomic mass is 10.2. The zero-order chi connectivity index (χ0) is 14.7. The van der Waals surface area contributed by atoms with Gasteiger partial charge >= 0.3 is 0 Å². The van der Waals surface area contributed by atoms with Crippen molar-refractivity contribution in [2.24, 2.45) is 0 Å². The van der Waals surface area contributed by atoms with E-state index in [0.29, 0.717) is 11.0 Å². The third-order valence-electron chi connectivity index (χ3n) is 2.95. The molecule has 0 radical (unpaired) electrons. The molecular weight excluding hydrogens is 342 g/mol. The van der Waals surface area contributed by atoms with Crippen LogP contribution in [0.15, 0.2) is 28.2 Å². The Balaban J connectivity index is 2.12. The van der Waals surface area contributed by atoms with Crippen LogP contribution in [0.25, 0.3) is 0 Å². The molecule has 0 amide bonds. The molecule has 0 aliphatic rings. The third kappa shape index (κ3) is 3.41. The average Bonchev–Trinajstić information content (AvgIpc) is 2.77. The topological polar surface area (TPSA) is 59.3 Å². The summed E-state index contributed by atoms with van der Waals surface area (Å²) in [5, 5.41) is 10.9. The minimum Gasteiger partial charge on any atom is -0.297 e. The molecule has 1 heterocycles. The lowest BCUT2D eigenvalue weighted by Crippen LogP contribution is -2.17. The summed E-state index contributed by atoms with van der Waals surface area (Å²) in [7, 11) is 1.99. The van der Waals surface area contributed by atoms with E-state index in [-0.39, 0.29) is 10.6 Å². The highest BCUT2D eigenvalue weighted by atomic mass is 79.9. The molecule has 7 heteroatoms. The second kappa shape index (κ2) is 6.43. The van der Waals surface area contributed by atoms with Crippen molar-refractivity contribution in [3.63, 3.8) is 0 Å². The molecule has 0 fully saturated rings. The number of nitrogens with zero attached hydrogens (tertiary/aromatic N) is 3. The van der Waals surface area contributed by atoms with Gasteiger partial charge in [0.2, 0.25) is 0 Å². The van der Waals surface area contributed by atoms with Gasteiger partial charge in [-0.1, -0.05) is 12.1 Å². The molecule has 0 spiro atoms. The van der Waals surface area contributed by atoms with Gasteiger partial charge in [0.1, 0.15) is 0 Å². The lowest BCUT2D eigenvalue weighted by molar-refractivity contribution is -0.385. The van der Waals surface area contributed by atoms with Gasteiger partial charge in [0.15, 0.2) is 0 Å². The van der Waals surface area contributed by atoms with Gasteiger partial charge in [0, 0.05) is 24.0 Å². The van der Waals surface area contributed by atoms with E-state index in [0.717, 1.165) is 17.8 Å². The highest BCUT2D eigenvalue weighted by Gasteiger charge is 2.16. The second-order valence-electron chi connectivity index (χ2n) is 4.54. The van der Waals surface area contributed by atoms with Crippen LogP contribution >= 0.6 is 27.3 Å². The maximum absolute atomic E-state index is 10.9. The van der Waals surface area contributed by atoms with E-state index in [1.54, 1.807) is 17.4 Å². The van der Waals surface area contributed by atoms with E-state index in [1.165, 1.54) is 10.9 Å². The van der Waals surface area contributed by atoms with Gasteiger partial charge in [-0.05, 0) is 35.5 Å². The van der Waals surface area contributed by atoms with Crippen LogP contribution < -0.4 is 0 Å². The summed E-state index contributed by atoms with van der Waals surface area (Å²) in [6, 6.07) is 5.11. The van der Waals surface area contributed by atoms with E-state index < -0.39 is 0 Å². The Morgan fingerprint density at radius 1 is 1.45 bits per heavy atom. The van der Waals surface area contributed by atoms with E-state index in [4.69, 9.17) is 0 Å². The molecule has 106 valence electrons. The number of nitro benzene ring substituents is 1. The third-order valence-corrected chi connectivity index (χ3v) is 4.79. The number of aromatic nitrogens is 1. The summed E-state index contributed by atoms with van der Waals surface area (Å²) in [6.07, 6.45) is 0. The van der Waals surface area contributed by atoms with E-state index in [9.17, 15) is 10.1 Å². The number of rotatable bonds is 5. The maximum Gasteiger partial charge on any atom is 0.283 e. The fraction of sp³-hybridized carbons (Fsp3) is 0.308. The molecule has 20 heavy (non-hydrogen) atoms. The van der Waals surface area contributed by atoms with Crippen LogP contribution in [-0.4, -0.2) is 21.9 Å². The van der Waals surface area contributed by atoms with Gasteiger partial charge in [-0.3, -0.25) is 15.0 Å². The summed E-state index contributed by atoms with van der Waals surface area (Å²) < 4.78 is 0.554. The summed E-state index contributed by atoms with van der Waals surface area (Å²) in [5.74, 6) is 0. The van der Waals surface area contributed by atoms with Crippen LogP contribution in [0.1, 0.15) is 16.1 Å². The lowest BCUT2D eigenvalue weighted by Gasteiger charge is -2.17. The predicted molar refractivity (Wildman–Crippen MR) is 82.8 cm³/mol. The largest absolute Gasteiger partial charge is 0.297 e. The summed E-state index contributed by atoms with van der Waals surface area (Å²) in [6.45, 7) is 3.41. The fourth-order valence-corrected chi connectivity index (χ4v) is 3.29. The number of hydrogen-bond donors (Lipinski definition) is 0. The van der Waals surface area contributed by atoms with Gasteiger partial charge in [0.25, 0.3) is 5.69 Å². The van der Waals surface area contributed by atoms with Crippen LogP contribution in [0, 0.1) is 17.0 Å². The molecule has 0 atom stereocenters. The quantitative estimate of drug-likeness (QED) is 0.605. The number of nitro groups is 1. The average molecular weight is 356 g/mol. The van der Waals surface area contributed by atoms with Crippen LogP contribution in [0.2, 0.25) is 0 Å². The highest BCUT2D eigenvalue weighted by Crippen LogP contribution is 2.29. The van der Waals surface area contributed by atoms with Crippen LogP contribution in [0.3, 0.4) is 0 Å². The Morgan fingerprint density at radius 2 is 2.20 bits per heavy atom. The first-order valence-corrected chi connectivity index (χ1v) is 7.65. The molecule has 2 rings (SSSR count). The Morgan fingerprint density at radius 3 is 2.80 bits per heavy atom. The molecule has 2 aromatic rings. The van der Waals surface area contributed by atoms with Crippen molar-refractivity contribution in [2.45, 2.75) is 20.0 Å². The van der Waals surface area contributed by atoms with Crippen molar-refractivity contribution in [2.75, 3.05) is 7.05 Å². The standard InChI is InChI=1S/C13H14BrN3O2S/c1-9-12(20-8-15-9)7-16(2)6-10-4-3-5-11(13(10)14)17(18)19/h3-5,8H,6-7H2,1-2H3. The van der Waals surface area contributed by atoms with Crippen LogP contribution in [0.4, 0.5) is 5.69 Å². The summed E-state index contributed by atoms with van der Waals surface area (Å²) in [5.41, 5.74) is 3.88. The van der Waals surface area contributed by atoms with Crippen molar-refractivity contribution in [3.05, 3.63) is 54.4 Å². The van der Waals surface area contributed by atoms with Gasteiger partial charge in [-0.25, -0.2) is 4.98 Å². The Labute approximate surface area is 129 Å². The van der Waals surface area contributed by atoms with E-state index >= 15 is 0 Å². The van der Waals surface area contributed by atoms with Crippen molar-refractivity contribution in [1.82, 2.24) is 9.88 Å². The van der Waals surface area contributed by atoms with Gasteiger partial charge in [-0.15, -0.1) is 11.3 Å². The fourth-order valence-electron chi connectivity index (χ4n) is 1.90. The molecule has 5 nitrogen and oxygen atoms in total. The van der Waals surface area contributed by atoms with Gasteiger partial charge < -0.3 is 0 Å². The molecule has 0 aliphatic heterocycles. The van der Waals surface area contributed by atoms with Crippen molar-refractivity contribution in [1.29, 1.82) is 0 Å². The minimum absolute atomic E-state index is 0.102. The van der Waals surface area contributed by atoms with Crippen molar-refractivity contribution in [3.8, 4) is 0 Å². The van der Waals surface area contributed by atoms with Crippen molar-refractivity contribution >= 4 is 33.0 Å². The van der Waals surface area contributed by atoms with Gasteiger partial charge in [0.05, 0.1) is 20.6 Å². The molecule has 0 saturated heterocycles. The smallest absolute Gasteiger partial charge is 0.283 e. The Bertz CT molecular complexity index is 630. The Kier molecular flexibility index (Phi) is 4.85. The Hall–Kier alpha value is -1.31. The molecule has 0 unspecified atom stereocenters. The van der Waals surface area contributed by atoms with Crippen LogP contribution in [-0.2, 0) is 13.1 Å². The molecule has 0 saturated carbocycles. The molecule has 1 aromatic carbocycles. The predicted octanol–water partition coefficient (Wildman–Crippen LogP) is 3.75. The zero-order valence-corrected chi connectivity index (χ0v) is 13.6. The van der Waals surface area contributed by atoms with Crippen LogP contribution in [0.5, 0.6) is 0 Å². The highest BCUT2D eigenvalue weighted by molar-refractivity contribution is 9.10. The zero-order valence-electron chi connectivity index (χ0n) is 11.2. The number of halogens is 1. The minimum atomic E-state index is -0.374. The van der Waals surface area contributed by atoms with E-state index in [2.05, 4.69) is 25.8 Å².